The smallest absolute Gasteiger partial charge is 0.162 e. The Morgan fingerprint density at radius 3 is 2.26 bits per heavy atom. The van der Waals surface area contributed by atoms with Gasteiger partial charge in [0.15, 0.2) is 11.5 Å². The Morgan fingerprint density at radius 1 is 1.05 bits per heavy atom. The standard InChI is InChI=1S/C15H24BrNO2/c1-4-7-8-17-11-12-9-14(18-5-2)15(19-6-3)10-13(12)16/h9-10,17H,4-8,11H2,1-3H3/p+1. The molecule has 3 nitrogen and oxygen atoms in total. The summed E-state index contributed by atoms with van der Waals surface area (Å²) in [6, 6.07) is 4.10. The van der Waals surface area contributed by atoms with Gasteiger partial charge in [-0.2, -0.15) is 0 Å². The number of hydrogen-bond donors (Lipinski definition) is 1. The van der Waals surface area contributed by atoms with Crippen molar-refractivity contribution in [2.75, 3.05) is 19.8 Å². The highest BCUT2D eigenvalue weighted by atomic mass is 79.9. The highest BCUT2D eigenvalue weighted by molar-refractivity contribution is 9.10. The SMILES string of the molecule is CCCC[NH2+]Cc1cc(OCC)c(OCC)cc1Br. The Balaban J connectivity index is 2.77. The number of rotatable bonds is 9. The zero-order chi connectivity index (χ0) is 14.1. The van der Waals surface area contributed by atoms with Crippen LogP contribution in [0.1, 0.15) is 39.2 Å². The van der Waals surface area contributed by atoms with Gasteiger partial charge in [0.2, 0.25) is 0 Å². The van der Waals surface area contributed by atoms with Gasteiger partial charge in [0.05, 0.1) is 19.8 Å². The fourth-order valence-corrected chi connectivity index (χ4v) is 2.36. The van der Waals surface area contributed by atoms with Crippen LogP contribution in [0.5, 0.6) is 11.5 Å². The average Bonchev–Trinajstić information content (AvgIpc) is 2.39. The van der Waals surface area contributed by atoms with E-state index in [1.165, 1.54) is 24.9 Å². The number of ether oxygens (including phenoxy) is 2. The van der Waals surface area contributed by atoms with Crippen molar-refractivity contribution in [3.05, 3.63) is 22.2 Å². The van der Waals surface area contributed by atoms with Gasteiger partial charge in [-0.3, -0.25) is 0 Å². The first-order valence-corrected chi connectivity index (χ1v) is 7.91. The Morgan fingerprint density at radius 2 is 1.68 bits per heavy atom. The Kier molecular flexibility index (Phi) is 7.91. The van der Waals surface area contributed by atoms with Crippen LogP contribution < -0.4 is 14.8 Å². The molecule has 1 rings (SSSR count). The van der Waals surface area contributed by atoms with Crippen molar-refractivity contribution in [1.29, 1.82) is 0 Å². The molecule has 0 amide bonds. The molecule has 1 aromatic rings. The number of quaternary nitrogens is 1. The van der Waals surface area contributed by atoms with Crippen LogP contribution in [-0.4, -0.2) is 19.8 Å². The third kappa shape index (κ3) is 5.41. The summed E-state index contributed by atoms with van der Waals surface area (Å²) in [6.07, 6.45) is 2.50. The van der Waals surface area contributed by atoms with Crippen LogP contribution in [0.2, 0.25) is 0 Å². The van der Waals surface area contributed by atoms with Crippen molar-refractivity contribution in [2.24, 2.45) is 0 Å². The summed E-state index contributed by atoms with van der Waals surface area (Å²) in [6.45, 7) is 9.62. The van der Waals surface area contributed by atoms with E-state index in [0.717, 1.165) is 22.5 Å². The van der Waals surface area contributed by atoms with Crippen molar-refractivity contribution < 1.29 is 14.8 Å². The molecule has 0 aliphatic heterocycles. The van der Waals surface area contributed by atoms with Gasteiger partial charge in [-0.1, -0.05) is 29.3 Å². The van der Waals surface area contributed by atoms with Crippen molar-refractivity contribution in [3.63, 3.8) is 0 Å². The predicted octanol–water partition coefficient (Wildman–Crippen LogP) is 3.11. The lowest BCUT2D eigenvalue weighted by Gasteiger charge is -2.13. The molecule has 0 unspecified atom stereocenters. The summed E-state index contributed by atoms with van der Waals surface area (Å²) < 4.78 is 12.3. The second-order valence-corrected chi connectivity index (χ2v) is 5.25. The Bertz CT molecular complexity index is 383. The van der Waals surface area contributed by atoms with Gasteiger partial charge in [0.1, 0.15) is 6.54 Å². The molecule has 0 aliphatic rings. The molecule has 0 atom stereocenters. The molecule has 0 aromatic heterocycles. The minimum Gasteiger partial charge on any atom is -0.490 e. The molecule has 2 N–H and O–H groups in total. The first-order chi connectivity index (χ1) is 9.22. The third-order valence-electron chi connectivity index (χ3n) is 2.84. The van der Waals surface area contributed by atoms with E-state index in [0.29, 0.717) is 13.2 Å². The van der Waals surface area contributed by atoms with Gasteiger partial charge >= 0.3 is 0 Å². The van der Waals surface area contributed by atoms with E-state index in [2.05, 4.69) is 34.2 Å². The summed E-state index contributed by atoms with van der Waals surface area (Å²) in [4.78, 5) is 0. The number of hydrogen-bond acceptors (Lipinski definition) is 2. The molecule has 108 valence electrons. The maximum absolute atomic E-state index is 5.65. The number of unbranched alkanes of at least 4 members (excludes halogenated alkanes) is 1. The summed E-state index contributed by atoms with van der Waals surface area (Å²) in [7, 11) is 0. The maximum Gasteiger partial charge on any atom is 0.162 e. The monoisotopic (exact) mass is 330 g/mol. The topological polar surface area (TPSA) is 35.1 Å². The van der Waals surface area contributed by atoms with E-state index >= 15 is 0 Å². The second kappa shape index (κ2) is 9.21. The zero-order valence-corrected chi connectivity index (χ0v) is 13.8. The molecule has 19 heavy (non-hydrogen) atoms. The van der Waals surface area contributed by atoms with Gasteiger partial charge in [0.25, 0.3) is 0 Å². The fourth-order valence-electron chi connectivity index (χ4n) is 1.88. The van der Waals surface area contributed by atoms with Crippen molar-refractivity contribution >= 4 is 15.9 Å². The van der Waals surface area contributed by atoms with Crippen LogP contribution >= 0.6 is 15.9 Å². The van der Waals surface area contributed by atoms with E-state index in [1.54, 1.807) is 0 Å². The quantitative estimate of drug-likeness (QED) is 0.706. The molecule has 0 fully saturated rings. The molecular formula is C15H25BrNO2+. The van der Waals surface area contributed by atoms with Crippen molar-refractivity contribution in [3.8, 4) is 11.5 Å². The van der Waals surface area contributed by atoms with Gasteiger partial charge in [-0.25, -0.2) is 0 Å². The summed E-state index contributed by atoms with van der Waals surface area (Å²) >= 11 is 3.62. The highest BCUT2D eigenvalue weighted by Crippen LogP contribution is 2.33. The van der Waals surface area contributed by atoms with Gasteiger partial charge in [-0.05, 0) is 32.4 Å². The summed E-state index contributed by atoms with van der Waals surface area (Å²) in [5.74, 6) is 1.65. The van der Waals surface area contributed by atoms with Crippen molar-refractivity contribution in [1.82, 2.24) is 0 Å². The average molecular weight is 331 g/mol. The van der Waals surface area contributed by atoms with E-state index in [1.807, 2.05) is 19.9 Å². The van der Waals surface area contributed by atoms with Gasteiger partial charge < -0.3 is 14.8 Å². The molecule has 0 saturated heterocycles. The molecular weight excluding hydrogens is 306 g/mol. The zero-order valence-electron chi connectivity index (χ0n) is 12.2. The fraction of sp³-hybridized carbons (Fsp3) is 0.600. The van der Waals surface area contributed by atoms with Crippen LogP contribution in [0.25, 0.3) is 0 Å². The van der Waals surface area contributed by atoms with E-state index in [4.69, 9.17) is 9.47 Å². The minimum absolute atomic E-state index is 0.647. The number of nitrogens with two attached hydrogens (primary N) is 1. The molecule has 4 heteroatoms. The Hall–Kier alpha value is -0.740. The largest absolute Gasteiger partial charge is 0.490 e. The van der Waals surface area contributed by atoms with Crippen LogP contribution in [0.4, 0.5) is 0 Å². The first-order valence-electron chi connectivity index (χ1n) is 7.12. The van der Waals surface area contributed by atoms with E-state index in [-0.39, 0.29) is 0 Å². The third-order valence-corrected chi connectivity index (χ3v) is 3.58. The van der Waals surface area contributed by atoms with Crippen LogP contribution in [0, 0.1) is 0 Å². The summed E-state index contributed by atoms with van der Waals surface area (Å²) in [5.41, 5.74) is 1.25. The lowest BCUT2D eigenvalue weighted by Crippen LogP contribution is -2.82. The van der Waals surface area contributed by atoms with Gasteiger partial charge in [-0.15, -0.1) is 0 Å². The number of halogens is 1. The molecule has 0 bridgehead atoms. The minimum atomic E-state index is 0.647. The normalized spacial score (nSPS) is 10.5. The molecule has 0 heterocycles. The molecule has 0 spiro atoms. The molecule has 0 aliphatic carbocycles. The maximum atomic E-state index is 5.65. The van der Waals surface area contributed by atoms with Crippen LogP contribution in [-0.2, 0) is 6.54 Å². The lowest BCUT2D eigenvalue weighted by atomic mass is 10.2. The molecule has 0 radical (unpaired) electrons. The van der Waals surface area contributed by atoms with Crippen LogP contribution in [0.3, 0.4) is 0 Å². The van der Waals surface area contributed by atoms with Crippen LogP contribution in [0.15, 0.2) is 16.6 Å². The van der Waals surface area contributed by atoms with E-state index < -0.39 is 0 Å². The van der Waals surface area contributed by atoms with E-state index in [9.17, 15) is 0 Å². The highest BCUT2D eigenvalue weighted by Gasteiger charge is 2.11. The Labute approximate surface area is 124 Å². The molecule has 1 aromatic carbocycles. The van der Waals surface area contributed by atoms with Gasteiger partial charge in [0, 0.05) is 10.0 Å². The first kappa shape index (κ1) is 16.3. The second-order valence-electron chi connectivity index (χ2n) is 4.39. The molecule has 0 saturated carbocycles. The number of benzene rings is 1. The predicted molar refractivity (Wildman–Crippen MR) is 81.9 cm³/mol. The van der Waals surface area contributed by atoms with Crippen molar-refractivity contribution in [2.45, 2.75) is 40.2 Å². The summed E-state index contributed by atoms with van der Waals surface area (Å²) in [5, 5.41) is 2.33. The lowest BCUT2D eigenvalue weighted by molar-refractivity contribution is -0.671.